The van der Waals surface area contributed by atoms with Crippen LogP contribution in [0.3, 0.4) is 0 Å². The first-order valence-corrected chi connectivity index (χ1v) is 7.45. The largest absolute Gasteiger partial charge is 0.356 e. The van der Waals surface area contributed by atoms with Crippen LogP contribution in [0.2, 0.25) is 5.02 Å². The lowest BCUT2D eigenvalue weighted by molar-refractivity contribution is -0.129. The SMILES string of the molecule is O=C1CC(C(=O)Nc2nc3ccc(Cl)cc3s2)CCN1. The summed E-state index contributed by atoms with van der Waals surface area (Å²) in [5.41, 5.74) is 0.802. The molecule has 1 fully saturated rings. The maximum atomic E-state index is 12.1. The number of fused-ring (bicyclic) bond motifs is 1. The molecule has 104 valence electrons. The van der Waals surface area contributed by atoms with Crippen molar-refractivity contribution in [2.24, 2.45) is 5.92 Å². The fourth-order valence-electron chi connectivity index (χ4n) is 2.17. The van der Waals surface area contributed by atoms with Gasteiger partial charge in [-0.3, -0.25) is 9.59 Å². The summed E-state index contributed by atoms with van der Waals surface area (Å²) in [7, 11) is 0. The van der Waals surface area contributed by atoms with Gasteiger partial charge in [-0.15, -0.1) is 0 Å². The number of anilines is 1. The summed E-state index contributed by atoms with van der Waals surface area (Å²) in [4.78, 5) is 27.7. The molecule has 2 N–H and O–H groups in total. The number of nitrogens with zero attached hydrogens (tertiary/aromatic N) is 1. The molecule has 2 heterocycles. The third-order valence-corrected chi connectivity index (χ3v) is 4.37. The van der Waals surface area contributed by atoms with E-state index < -0.39 is 0 Å². The Balaban J connectivity index is 1.75. The predicted octanol–water partition coefficient (Wildman–Crippen LogP) is 2.41. The van der Waals surface area contributed by atoms with E-state index in [0.29, 0.717) is 23.1 Å². The number of benzene rings is 1. The zero-order valence-electron chi connectivity index (χ0n) is 10.5. The van der Waals surface area contributed by atoms with Crippen LogP contribution in [0.5, 0.6) is 0 Å². The molecular weight excluding hydrogens is 298 g/mol. The molecule has 1 atom stereocenters. The van der Waals surface area contributed by atoms with Crippen molar-refractivity contribution in [2.45, 2.75) is 12.8 Å². The van der Waals surface area contributed by atoms with Gasteiger partial charge in [0.05, 0.1) is 10.2 Å². The number of carbonyl (C=O) groups is 2. The van der Waals surface area contributed by atoms with Crippen molar-refractivity contribution in [3.05, 3.63) is 23.2 Å². The van der Waals surface area contributed by atoms with Crippen molar-refractivity contribution in [3.8, 4) is 0 Å². The molecule has 1 saturated heterocycles. The Kier molecular flexibility index (Phi) is 3.58. The zero-order valence-corrected chi connectivity index (χ0v) is 12.1. The average Bonchev–Trinajstić information content (AvgIpc) is 2.80. The van der Waals surface area contributed by atoms with Crippen molar-refractivity contribution >= 4 is 50.1 Å². The van der Waals surface area contributed by atoms with Gasteiger partial charge in [0.1, 0.15) is 0 Å². The van der Waals surface area contributed by atoms with Crippen LogP contribution in [0.4, 0.5) is 5.13 Å². The van der Waals surface area contributed by atoms with Crippen molar-refractivity contribution in [2.75, 3.05) is 11.9 Å². The fraction of sp³-hybridized carbons (Fsp3) is 0.308. The highest BCUT2D eigenvalue weighted by Gasteiger charge is 2.26. The summed E-state index contributed by atoms with van der Waals surface area (Å²) in [6.45, 7) is 0.548. The Bertz CT molecular complexity index is 685. The molecule has 0 radical (unpaired) electrons. The second kappa shape index (κ2) is 5.38. The first-order valence-electron chi connectivity index (χ1n) is 6.25. The van der Waals surface area contributed by atoms with Crippen LogP contribution in [-0.4, -0.2) is 23.3 Å². The van der Waals surface area contributed by atoms with Gasteiger partial charge in [-0.2, -0.15) is 0 Å². The molecule has 1 aliphatic rings. The number of thiazole rings is 1. The van der Waals surface area contributed by atoms with Crippen LogP contribution >= 0.6 is 22.9 Å². The Morgan fingerprint density at radius 2 is 2.35 bits per heavy atom. The number of nitrogens with one attached hydrogen (secondary N) is 2. The van der Waals surface area contributed by atoms with Gasteiger partial charge in [0.25, 0.3) is 0 Å². The smallest absolute Gasteiger partial charge is 0.229 e. The standard InChI is InChI=1S/C13H12ClN3O2S/c14-8-1-2-9-10(6-8)20-13(16-9)17-12(19)7-3-4-15-11(18)5-7/h1-2,6-7H,3-5H2,(H,15,18)(H,16,17,19). The van der Waals surface area contributed by atoms with Crippen LogP contribution in [0.25, 0.3) is 10.2 Å². The monoisotopic (exact) mass is 309 g/mol. The van der Waals surface area contributed by atoms with E-state index in [9.17, 15) is 9.59 Å². The average molecular weight is 310 g/mol. The summed E-state index contributed by atoms with van der Waals surface area (Å²) >= 11 is 7.30. The van der Waals surface area contributed by atoms with E-state index in [4.69, 9.17) is 11.6 Å². The lowest BCUT2D eigenvalue weighted by atomic mass is 9.97. The molecule has 2 amide bonds. The second-order valence-electron chi connectivity index (χ2n) is 4.66. The number of aromatic nitrogens is 1. The predicted molar refractivity (Wildman–Crippen MR) is 79.0 cm³/mol. The van der Waals surface area contributed by atoms with E-state index in [0.717, 1.165) is 10.2 Å². The van der Waals surface area contributed by atoms with Gasteiger partial charge in [0.2, 0.25) is 11.8 Å². The molecule has 0 spiro atoms. The van der Waals surface area contributed by atoms with Crippen molar-refractivity contribution in [1.82, 2.24) is 10.3 Å². The minimum atomic E-state index is -0.278. The molecule has 1 aromatic heterocycles. The highest BCUT2D eigenvalue weighted by atomic mass is 35.5. The number of carbonyl (C=O) groups excluding carboxylic acids is 2. The van der Waals surface area contributed by atoms with Crippen molar-refractivity contribution < 1.29 is 9.59 Å². The highest BCUT2D eigenvalue weighted by molar-refractivity contribution is 7.22. The van der Waals surface area contributed by atoms with Gasteiger partial charge >= 0.3 is 0 Å². The normalized spacial score (nSPS) is 18.9. The number of amides is 2. The molecule has 0 saturated carbocycles. The Labute approximate surface area is 124 Å². The number of rotatable bonds is 2. The van der Waals surface area contributed by atoms with E-state index in [-0.39, 0.29) is 24.2 Å². The maximum absolute atomic E-state index is 12.1. The lowest BCUT2D eigenvalue weighted by Crippen LogP contribution is -2.38. The lowest BCUT2D eigenvalue weighted by Gasteiger charge is -2.20. The third kappa shape index (κ3) is 2.76. The van der Waals surface area contributed by atoms with E-state index in [1.54, 1.807) is 6.07 Å². The summed E-state index contributed by atoms with van der Waals surface area (Å²) in [6, 6.07) is 5.40. The van der Waals surface area contributed by atoms with E-state index in [2.05, 4.69) is 15.6 Å². The molecule has 1 unspecified atom stereocenters. The Morgan fingerprint density at radius 1 is 1.50 bits per heavy atom. The van der Waals surface area contributed by atoms with E-state index in [1.807, 2.05) is 12.1 Å². The number of piperidine rings is 1. The van der Waals surface area contributed by atoms with Gasteiger partial charge in [-0.05, 0) is 24.6 Å². The Hall–Kier alpha value is -1.66. The van der Waals surface area contributed by atoms with Gasteiger partial charge in [-0.25, -0.2) is 4.98 Å². The van der Waals surface area contributed by atoms with Crippen molar-refractivity contribution in [3.63, 3.8) is 0 Å². The topological polar surface area (TPSA) is 71.1 Å². The van der Waals surface area contributed by atoms with E-state index in [1.165, 1.54) is 11.3 Å². The van der Waals surface area contributed by atoms with Crippen LogP contribution < -0.4 is 10.6 Å². The summed E-state index contributed by atoms with van der Waals surface area (Å²) in [6.07, 6.45) is 0.900. The van der Waals surface area contributed by atoms with Gasteiger partial charge in [0, 0.05) is 23.9 Å². The van der Waals surface area contributed by atoms with Crippen LogP contribution in [0.1, 0.15) is 12.8 Å². The molecule has 5 nitrogen and oxygen atoms in total. The molecule has 0 aliphatic carbocycles. The molecule has 3 rings (SSSR count). The molecule has 7 heteroatoms. The first-order chi connectivity index (χ1) is 9.61. The number of hydrogen-bond donors (Lipinski definition) is 2. The first kappa shape index (κ1) is 13.3. The minimum Gasteiger partial charge on any atom is -0.356 e. The number of halogens is 1. The van der Waals surface area contributed by atoms with Crippen molar-refractivity contribution in [1.29, 1.82) is 0 Å². The van der Waals surface area contributed by atoms with Crippen LogP contribution in [-0.2, 0) is 9.59 Å². The highest BCUT2D eigenvalue weighted by Crippen LogP contribution is 2.29. The molecule has 0 bridgehead atoms. The van der Waals surface area contributed by atoms with Crippen LogP contribution in [0.15, 0.2) is 18.2 Å². The van der Waals surface area contributed by atoms with Crippen LogP contribution in [0, 0.1) is 5.92 Å². The fourth-order valence-corrected chi connectivity index (χ4v) is 3.31. The van der Waals surface area contributed by atoms with Gasteiger partial charge in [-0.1, -0.05) is 22.9 Å². The molecular formula is C13H12ClN3O2S. The molecule has 1 aromatic carbocycles. The van der Waals surface area contributed by atoms with Gasteiger partial charge < -0.3 is 10.6 Å². The maximum Gasteiger partial charge on any atom is 0.229 e. The third-order valence-electron chi connectivity index (χ3n) is 3.20. The zero-order chi connectivity index (χ0) is 14.1. The Morgan fingerprint density at radius 3 is 3.15 bits per heavy atom. The number of hydrogen-bond acceptors (Lipinski definition) is 4. The summed E-state index contributed by atoms with van der Waals surface area (Å²) < 4.78 is 0.925. The minimum absolute atomic E-state index is 0.0764. The quantitative estimate of drug-likeness (QED) is 0.895. The molecule has 1 aliphatic heterocycles. The molecule has 20 heavy (non-hydrogen) atoms. The summed E-state index contributed by atoms with van der Waals surface area (Å²) in [5, 5.41) is 6.68. The molecule has 2 aromatic rings. The van der Waals surface area contributed by atoms with Gasteiger partial charge in [0.15, 0.2) is 5.13 Å². The summed E-state index contributed by atoms with van der Waals surface area (Å²) in [5.74, 6) is -0.503. The van der Waals surface area contributed by atoms with E-state index >= 15 is 0 Å². The second-order valence-corrected chi connectivity index (χ2v) is 6.13.